The van der Waals surface area contributed by atoms with E-state index < -0.39 is 5.91 Å². The third-order valence-corrected chi connectivity index (χ3v) is 7.43. The molecule has 0 unspecified atom stereocenters. The molecule has 0 atom stereocenters. The highest BCUT2D eigenvalue weighted by atomic mass is 32.2. The predicted octanol–water partition coefficient (Wildman–Crippen LogP) is 4.65. The van der Waals surface area contributed by atoms with Gasteiger partial charge in [0.05, 0.1) is 29.0 Å². The van der Waals surface area contributed by atoms with Gasteiger partial charge in [0, 0.05) is 11.3 Å². The zero-order chi connectivity index (χ0) is 24.7. The molecular weight excluding hydrogens is 482 g/mol. The van der Waals surface area contributed by atoms with Gasteiger partial charge in [0.15, 0.2) is 0 Å². The van der Waals surface area contributed by atoms with E-state index in [-0.39, 0.29) is 35.4 Å². The summed E-state index contributed by atoms with van der Waals surface area (Å²) >= 11 is 6.53. The number of nitrogens with zero attached hydrogens (tertiary/aromatic N) is 2. The van der Waals surface area contributed by atoms with Crippen LogP contribution < -0.4 is 10.2 Å². The average molecular weight is 504 g/mol. The molecule has 5 rings (SSSR count). The molecule has 0 bridgehead atoms. The first-order valence-corrected chi connectivity index (χ1v) is 12.1. The summed E-state index contributed by atoms with van der Waals surface area (Å²) in [4.78, 5) is 42.8. The fourth-order valence-corrected chi connectivity index (χ4v) is 5.39. The fourth-order valence-electron chi connectivity index (χ4n) is 4.06. The molecule has 3 aromatic rings. The number of para-hydroxylation sites is 1. The second kappa shape index (κ2) is 9.16. The van der Waals surface area contributed by atoms with Gasteiger partial charge < -0.3 is 9.73 Å². The van der Waals surface area contributed by atoms with Crippen molar-refractivity contribution in [3.63, 3.8) is 0 Å². The Kier molecular flexibility index (Phi) is 6.04. The average Bonchev–Trinajstić information content (AvgIpc) is 3.51. The summed E-state index contributed by atoms with van der Waals surface area (Å²) in [5.41, 5.74) is 4.30. The molecule has 0 saturated carbocycles. The number of nitrogens with one attached hydrogen (secondary N) is 1. The van der Waals surface area contributed by atoms with E-state index in [1.807, 2.05) is 32.0 Å². The molecule has 0 spiro atoms. The molecule has 176 valence electrons. The minimum atomic E-state index is -0.403. The predicted molar refractivity (Wildman–Crippen MR) is 140 cm³/mol. The van der Waals surface area contributed by atoms with Crippen molar-refractivity contribution in [1.29, 1.82) is 0 Å². The molecule has 0 radical (unpaired) electrons. The van der Waals surface area contributed by atoms with Crippen molar-refractivity contribution in [2.75, 3.05) is 16.8 Å². The summed E-state index contributed by atoms with van der Waals surface area (Å²) in [6, 6.07) is 16.3. The van der Waals surface area contributed by atoms with Gasteiger partial charge in [-0.3, -0.25) is 24.2 Å². The van der Waals surface area contributed by atoms with E-state index in [9.17, 15) is 14.4 Å². The number of thioether (sulfide) groups is 1. The van der Waals surface area contributed by atoms with Crippen molar-refractivity contribution in [3.05, 3.63) is 88.2 Å². The number of furan rings is 1. The number of fused-ring (bicyclic) bond motifs is 1. The van der Waals surface area contributed by atoms with Crippen LogP contribution in [0.25, 0.3) is 5.57 Å². The molecule has 1 fully saturated rings. The number of hydrogen-bond donors (Lipinski definition) is 1. The Hall–Kier alpha value is -3.69. The highest BCUT2D eigenvalue weighted by Crippen LogP contribution is 2.44. The summed E-state index contributed by atoms with van der Waals surface area (Å²) in [5.74, 6) is -0.491. The number of thiocarbonyl (C=S) groups is 1. The van der Waals surface area contributed by atoms with E-state index in [1.165, 1.54) is 16.1 Å². The van der Waals surface area contributed by atoms with Crippen LogP contribution in [0.15, 0.2) is 70.2 Å². The lowest BCUT2D eigenvalue weighted by atomic mass is 10.1. The van der Waals surface area contributed by atoms with Crippen LogP contribution in [0.4, 0.5) is 11.4 Å². The van der Waals surface area contributed by atoms with Crippen LogP contribution in [0, 0.1) is 13.8 Å². The molecule has 1 aromatic heterocycles. The van der Waals surface area contributed by atoms with E-state index in [4.69, 9.17) is 16.6 Å². The first-order valence-electron chi connectivity index (χ1n) is 10.9. The van der Waals surface area contributed by atoms with Gasteiger partial charge in [0.1, 0.15) is 16.6 Å². The molecule has 3 amide bonds. The minimum absolute atomic E-state index is 0.182. The van der Waals surface area contributed by atoms with Crippen LogP contribution in [-0.2, 0) is 20.9 Å². The van der Waals surface area contributed by atoms with E-state index in [2.05, 4.69) is 5.32 Å². The number of carbonyl (C=O) groups is 3. The molecular formula is C26H21N3O4S2. The van der Waals surface area contributed by atoms with Crippen molar-refractivity contribution < 1.29 is 18.8 Å². The van der Waals surface area contributed by atoms with Crippen LogP contribution in [0.3, 0.4) is 0 Å². The largest absolute Gasteiger partial charge is 0.467 e. The molecule has 0 aliphatic carbocycles. The van der Waals surface area contributed by atoms with Gasteiger partial charge in [-0.25, -0.2) is 0 Å². The highest BCUT2D eigenvalue weighted by molar-refractivity contribution is 8.26. The zero-order valence-electron chi connectivity index (χ0n) is 19.0. The number of anilines is 2. The van der Waals surface area contributed by atoms with Crippen LogP contribution in [0.2, 0.25) is 0 Å². The zero-order valence-corrected chi connectivity index (χ0v) is 20.7. The summed E-state index contributed by atoms with van der Waals surface area (Å²) in [6.07, 6.45) is 1.53. The quantitative estimate of drug-likeness (QED) is 0.403. The smallest absolute Gasteiger partial charge is 0.267 e. The molecule has 35 heavy (non-hydrogen) atoms. The number of benzene rings is 2. The SMILES string of the molecule is Cc1ccc(NC(=O)CN2C(=O)C(=C3SC(=S)N(Cc4ccco4)C3=O)c3ccccc32)cc1C. The summed E-state index contributed by atoms with van der Waals surface area (Å²) in [7, 11) is 0. The fraction of sp³-hybridized carbons (Fsp3) is 0.154. The molecule has 2 aromatic carbocycles. The third kappa shape index (κ3) is 4.28. The number of carbonyl (C=O) groups excluding carboxylic acids is 3. The first kappa shape index (κ1) is 23.1. The lowest BCUT2D eigenvalue weighted by Crippen LogP contribution is -2.35. The topological polar surface area (TPSA) is 82.9 Å². The van der Waals surface area contributed by atoms with Gasteiger partial charge in [-0.1, -0.05) is 48.2 Å². The van der Waals surface area contributed by atoms with Crippen molar-refractivity contribution in [3.8, 4) is 0 Å². The maximum atomic E-state index is 13.6. The van der Waals surface area contributed by atoms with Gasteiger partial charge in [-0.05, 0) is 55.3 Å². The number of aryl methyl sites for hydroxylation is 2. The lowest BCUT2D eigenvalue weighted by molar-refractivity contribution is -0.123. The van der Waals surface area contributed by atoms with E-state index in [1.54, 1.807) is 36.4 Å². The molecule has 2 aliphatic rings. The van der Waals surface area contributed by atoms with Gasteiger partial charge >= 0.3 is 0 Å². The van der Waals surface area contributed by atoms with Crippen molar-refractivity contribution in [2.45, 2.75) is 20.4 Å². The standard InChI is InChI=1S/C26H21N3O4S2/c1-15-9-10-17(12-16(15)2)27-21(30)14-28-20-8-4-3-7-19(20)22(24(28)31)23-25(32)29(26(34)35-23)13-18-6-5-11-33-18/h3-12H,13-14H2,1-2H3,(H,27,30). The molecule has 3 heterocycles. The Balaban J connectivity index is 1.43. The van der Waals surface area contributed by atoms with Gasteiger partial charge in [0.25, 0.3) is 11.8 Å². The number of hydrogen-bond acceptors (Lipinski definition) is 6. The van der Waals surface area contributed by atoms with Gasteiger partial charge in [0.2, 0.25) is 5.91 Å². The van der Waals surface area contributed by atoms with E-state index in [0.29, 0.717) is 27.0 Å². The lowest BCUT2D eigenvalue weighted by Gasteiger charge is -2.17. The molecule has 1 N–H and O–H groups in total. The highest BCUT2D eigenvalue weighted by Gasteiger charge is 2.42. The van der Waals surface area contributed by atoms with Crippen LogP contribution in [0.5, 0.6) is 0 Å². The van der Waals surface area contributed by atoms with Crippen molar-refractivity contribution in [2.24, 2.45) is 0 Å². The summed E-state index contributed by atoms with van der Waals surface area (Å²) < 4.78 is 5.71. The van der Waals surface area contributed by atoms with Crippen molar-refractivity contribution in [1.82, 2.24) is 4.90 Å². The third-order valence-electron chi connectivity index (χ3n) is 5.99. The number of rotatable bonds is 5. The van der Waals surface area contributed by atoms with Crippen LogP contribution in [-0.4, -0.2) is 33.5 Å². The maximum Gasteiger partial charge on any atom is 0.267 e. The number of amides is 3. The normalized spacial score (nSPS) is 17.4. The van der Waals surface area contributed by atoms with Crippen LogP contribution in [0.1, 0.15) is 22.5 Å². The summed E-state index contributed by atoms with van der Waals surface area (Å²) in [5, 5.41) is 2.86. The maximum absolute atomic E-state index is 13.6. The first-order chi connectivity index (χ1) is 16.8. The molecule has 9 heteroatoms. The Morgan fingerprint density at radius 2 is 1.80 bits per heavy atom. The van der Waals surface area contributed by atoms with E-state index in [0.717, 1.165) is 22.9 Å². The Morgan fingerprint density at radius 3 is 2.54 bits per heavy atom. The Morgan fingerprint density at radius 1 is 1.00 bits per heavy atom. The molecule has 1 saturated heterocycles. The summed E-state index contributed by atoms with van der Waals surface area (Å²) in [6.45, 7) is 3.98. The van der Waals surface area contributed by atoms with Gasteiger partial charge in [-0.15, -0.1) is 0 Å². The Bertz CT molecular complexity index is 1410. The minimum Gasteiger partial charge on any atom is -0.467 e. The second-order valence-corrected chi connectivity index (χ2v) is 9.94. The second-order valence-electron chi connectivity index (χ2n) is 8.30. The molecule has 7 nitrogen and oxygen atoms in total. The molecule has 2 aliphatic heterocycles. The van der Waals surface area contributed by atoms with Gasteiger partial charge in [-0.2, -0.15) is 0 Å². The monoisotopic (exact) mass is 503 g/mol. The van der Waals surface area contributed by atoms with Crippen molar-refractivity contribution >= 4 is 63.0 Å². The Labute approximate surface area is 211 Å². The van der Waals surface area contributed by atoms with E-state index >= 15 is 0 Å². The van der Waals surface area contributed by atoms with Crippen LogP contribution >= 0.6 is 24.0 Å².